The molecule has 1 saturated heterocycles. The van der Waals surface area contributed by atoms with E-state index >= 15 is 0 Å². The van der Waals surface area contributed by atoms with Gasteiger partial charge in [-0.2, -0.15) is 0 Å². The van der Waals surface area contributed by atoms with E-state index in [1.165, 1.54) is 0 Å². The minimum atomic E-state index is 0.00170. The van der Waals surface area contributed by atoms with E-state index in [1.807, 2.05) is 35.2 Å². The molecule has 0 saturated carbocycles. The van der Waals surface area contributed by atoms with E-state index < -0.39 is 0 Å². The van der Waals surface area contributed by atoms with Gasteiger partial charge in [0.2, 0.25) is 0 Å². The van der Waals surface area contributed by atoms with E-state index in [-0.39, 0.29) is 5.91 Å². The Kier molecular flexibility index (Phi) is 5.99. The minimum absolute atomic E-state index is 0.00170. The maximum atomic E-state index is 12.7. The van der Waals surface area contributed by atoms with Crippen LogP contribution in [-0.4, -0.2) is 55.1 Å². The molecule has 2 heterocycles. The summed E-state index contributed by atoms with van der Waals surface area (Å²) in [6, 6.07) is 11.7. The van der Waals surface area contributed by atoms with Crippen molar-refractivity contribution in [3.05, 3.63) is 53.3 Å². The molecule has 5 nitrogen and oxygen atoms in total. The van der Waals surface area contributed by atoms with Crippen LogP contribution < -0.4 is 9.80 Å². The lowest BCUT2D eigenvalue weighted by Gasteiger charge is -2.36. The number of pyridine rings is 1. The van der Waals surface area contributed by atoms with E-state index in [9.17, 15) is 4.79 Å². The number of amides is 1. The van der Waals surface area contributed by atoms with Gasteiger partial charge in [0.25, 0.3) is 5.91 Å². The van der Waals surface area contributed by atoms with Gasteiger partial charge in [-0.1, -0.05) is 17.7 Å². The fraction of sp³-hybridized carbons (Fsp3) is 0.400. The Bertz CT molecular complexity index is 738. The van der Waals surface area contributed by atoms with Gasteiger partial charge < -0.3 is 14.7 Å². The van der Waals surface area contributed by atoms with E-state index in [0.717, 1.165) is 42.6 Å². The van der Waals surface area contributed by atoms with Crippen LogP contribution in [0.5, 0.6) is 0 Å². The van der Waals surface area contributed by atoms with Crippen LogP contribution in [0.15, 0.2) is 42.6 Å². The van der Waals surface area contributed by atoms with Gasteiger partial charge in [-0.3, -0.25) is 4.79 Å². The average molecular weight is 373 g/mol. The van der Waals surface area contributed by atoms with E-state index in [0.29, 0.717) is 18.8 Å². The molecule has 0 bridgehead atoms. The number of piperazine rings is 1. The number of rotatable bonds is 5. The quantitative estimate of drug-likeness (QED) is 0.804. The van der Waals surface area contributed by atoms with Crippen LogP contribution in [-0.2, 0) is 0 Å². The molecular weight excluding hydrogens is 348 g/mol. The SMILES string of the molecule is CCN(CC)c1ccc(C(=O)N2CCN(c3cccc(Cl)c3)CC2)nc1. The largest absolute Gasteiger partial charge is 0.371 e. The van der Waals surface area contributed by atoms with Crippen LogP contribution in [0.25, 0.3) is 0 Å². The third-order valence-electron chi connectivity index (χ3n) is 4.84. The fourth-order valence-electron chi connectivity index (χ4n) is 3.29. The number of carbonyl (C=O) groups excluding carboxylic acids is 1. The smallest absolute Gasteiger partial charge is 0.272 e. The highest BCUT2D eigenvalue weighted by molar-refractivity contribution is 6.30. The second-order valence-electron chi connectivity index (χ2n) is 6.33. The minimum Gasteiger partial charge on any atom is -0.371 e. The molecular formula is C20H25ClN4O. The van der Waals surface area contributed by atoms with Crippen LogP contribution in [0, 0.1) is 0 Å². The van der Waals surface area contributed by atoms with Crippen LogP contribution in [0.1, 0.15) is 24.3 Å². The summed E-state index contributed by atoms with van der Waals surface area (Å²) in [6.07, 6.45) is 1.79. The van der Waals surface area contributed by atoms with E-state index in [4.69, 9.17) is 11.6 Å². The van der Waals surface area contributed by atoms with Gasteiger partial charge in [0.1, 0.15) is 5.69 Å². The standard InChI is InChI=1S/C20H25ClN4O/c1-3-23(4-2)18-8-9-19(22-15-18)20(26)25-12-10-24(11-13-25)17-7-5-6-16(21)14-17/h5-9,14-15H,3-4,10-13H2,1-2H3. The van der Waals surface area contributed by atoms with Crippen molar-refractivity contribution in [2.75, 3.05) is 49.1 Å². The Morgan fingerprint density at radius 1 is 1.12 bits per heavy atom. The first kappa shape index (κ1) is 18.5. The molecule has 138 valence electrons. The summed E-state index contributed by atoms with van der Waals surface area (Å²) in [5, 5.41) is 0.735. The summed E-state index contributed by atoms with van der Waals surface area (Å²) in [5.41, 5.74) is 2.67. The molecule has 3 rings (SSSR count). The highest BCUT2D eigenvalue weighted by Gasteiger charge is 2.23. The fourth-order valence-corrected chi connectivity index (χ4v) is 3.48. The van der Waals surface area contributed by atoms with Crippen molar-refractivity contribution in [2.45, 2.75) is 13.8 Å². The molecule has 6 heteroatoms. The molecule has 26 heavy (non-hydrogen) atoms. The lowest BCUT2D eigenvalue weighted by atomic mass is 10.2. The van der Waals surface area contributed by atoms with Crippen LogP contribution in [0.3, 0.4) is 0 Å². The summed E-state index contributed by atoms with van der Waals surface area (Å²) < 4.78 is 0. The zero-order valence-corrected chi connectivity index (χ0v) is 16.1. The van der Waals surface area contributed by atoms with Crippen LogP contribution in [0.4, 0.5) is 11.4 Å². The summed E-state index contributed by atoms with van der Waals surface area (Å²) in [6.45, 7) is 9.04. The Hall–Kier alpha value is -2.27. The number of halogens is 1. The van der Waals surface area contributed by atoms with Gasteiger partial charge >= 0.3 is 0 Å². The lowest BCUT2D eigenvalue weighted by molar-refractivity contribution is 0.0741. The predicted octanol–water partition coefficient (Wildman–Crippen LogP) is 3.54. The summed E-state index contributed by atoms with van der Waals surface area (Å²) in [4.78, 5) is 23.5. The van der Waals surface area contributed by atoms with Crippen molar-refractivity contribution >= 4 is 28.9 Å². The summed E-state index contributed by atoms with van der Waals surface area (Å²) in [7, 11) is 0. The van der Waals surface area contributed by atoms with Crippen molar-refractivity contribution in [2.24, 2.45) is 0 Å². The van der Waals surface area contributed by atoms with E-state index in [2.05, 4.69) is 34.7 Å². The Morgan fingerprint density at radius 3 is 2.42 bits per heavy atom. The molecule has 1 aliphatic heterocycles. The maximum Gasteiger partial charge on any atom is 0.272 e. The second-order valence-corrected chi connectivity index (χ2v) is 6.77. The molecule has 0 N–H and O–H groups in total. The van der Waals surface area contributed by atoms with E-state index in [1.54, 1.807) is 6.20 Å². The number of hydrogen-bond acceptors (Lipinski definition) is 4. The lowest BCUT2D eigenvalue weighted by Crippen LogP contribution is -2.49. The Labute approximate surface area is 160 Å². The zero-order valence-electron chi connectivity index (χ0n) is 15.4. The van der Waals surface area contributed by atoms with Crippen LogP contribution >= 0.6 is 11.6 Å². The third-order valence-corrected chi connectivity index (χ3v) is 5.07. The van der Waals surface area contributed by atoms with Crippen molar-refractivity contribution in [3.8, 4) is 0 Å². The molecule has 0 spiro atoms. The maximum absolute atomic E-state index is 12.7. The first-order valence-electron chi connectivity index (χ1n) is 9.13. The number of hydrogen-bond donors (Lipinski definition) is 0. The zero-order chi connectivity index (χ0) is 18.5. The average Bonchev–Trinajstić information content (AvgIpc) is 2.69. The molecule has 1 aromatic heterocycles. The topological polar surface area (TPSA) is 39.7 Å². The van der Waals surface area contributed by atoms with Crippen molar-refractivity contribution in [1.82, 2.24) is 9.88 Å². The van der Waals surface area contributed by atoms with Crippen LogP contribution in [0.2, 0.25) is 5.02 Å². The third kappa shape index (κ3) is 4.10. The molecule has 0 atom stereocenters. The van der Waals surface area contributed by atoms with Gasteiger partial charge in [-0.05, 0) is 44.2 Å². The molecule has 0 unspecified atom stereocenters. The molecule has 1 amide bonds. The van der Waals surface area contributed by atoms with Crippen molar-refractivity contribution in [1.29, 1.82) is 0 Å². The predicted molar refractivity (Wildman–Crippen MR) is 107 cm³/mol. The summed E-state index contributed by atoms with van der Waals surface area (Å²) >= 11 is 6.08. The van der Waals surface area contributed by atoms with Gasteiger partial charge in [-0.15, -0.1) is 0 Å². The molecule has 0 aliphatic carbocycles. The highest BCUT2D eigenvalue weighted by atomic mass is 35.5. The van der Waals surface area contributed by atoms with Gasteiger partial charge in [0, 0.05) is 50.0 Å². The second kappa shape index (κ2) is 8.41. The highest BCUT2D eigenvalue weighted by Crippen LogP contribution is 2.21. The molecule has 0 radical (unpaired) electrons. The van der Waals surface area contributed by atoms with Crippen molar-refractivity contribution in [3.63, 3.8) is 0 Å². The molecule has 1 aliphatic rings. The Morgan fingerprint density at radius 2 is 1.85 bits per heavy atom. The molecule has 2 aromatic rings. The normalized spacial score (nSPS) is 14.4. The molecule has 1 fully saturated rings. The number of anilines is 2. The number of aromatic nitrogens is 1. The number of carbonyl (C=O) groups is 1. The number of nitrogens with zero attached hydrogens (tertiary/aromatic N) is 4. The molecule has 1 aromatic carbocycles. The van der Waals surface area contributed by atoms with Gasteiger partial charge in [-0.25, -0.2) is 4.98 Å². The summed E-state index contributed by atoms with van der Waals surface area (Å²) in [5.74, 6) is 0.00170. The van der Waals surface area contributed by atoms with Crippen molar-refractivity contribution < 1.29 is 4.79 Å². The monoisotopic (exact) mass is 372 g/mol. The first-order valence-corrected chi connectivity index (χ1v) is 9.51. The first-order chi connectivity index (χ1) is 12.6. The number of benzene rings is 1. The Balaban J connectivity index is 1.61. The van der Waals surface area contributed by atoms with Gasteiger partial charge in [0.05, 0.1) is 11.9 Å². The van der Waals surface area contributed by atoms with Gasteiger partial charge in [0.15, 0.2) is 0 Å².